The molecular formula is C15H16N4. The molecule has 0 bridgehead atoms. The van der Waals surface area contributed by atoms with Crippen LogP contribution in [0.4, 0.5) is 5.95 Å². The van der Waals surface area contributed by atoms with Gasteiger partial charge in [0, 0.05) is 18.9 Å². The van der Waals surface area contributed by atoms with Crippen molar-refractivity contribution < 1.29 is 0 Å². The number of nitrogens with two attached hydrogens (primary N) is 1. The Labute approximate surface area is 111 Å². The number of fused-ring (bicyclic) bond motifs is 1. The number of rotatable bonds is 3. The van der Waals surface area contributed by atoms with E-state index in [4.69, 9.17) is 5.73 Å². The smallest absolute Gasteiger partial charge is 0.201 e. The number of aromatic nitrogens is 3. The van der Waals surface area contributed by atoms with Crippen molar-refractivity contribution in [1.82, 2.24) is 14.5 Å². The van der Waals surface area contributed by atoms with Crippen LogP contribution in [0.25, 0.3) is 11.0 Å². The van der Waals surface area contributed by atoms with Gasteiger partial charge in [0.25, 0.3) is 0 Å². The molecule has 4 heteroatoms. The molecule has 2 N–H and O–H groups in total. The second-order valence-corrected chi connectivity index (χ2v) is 4.73. The summed E-state index contributed by atoms with van der Waals surface area (Å²) < 4.78 is 2.06. The second kappa shape index (κ2) is 4.72. The quantitative estimate of drug-likeness (QED) is 0.779. The monoisotopic (exact) mass is 252 g/mol. The van der Waals surface area contributed by atoms with Crippen molar-refractivity contribution in [1.29, 1.82) is 0 Å². The highest BCUT2D eigenvalue weighted by Gasteiger charge is 2.08. The summed E-state index contributed by atoms with van der Waals surface area (Å²) in [6.45, 7) is 2.89. The van der Waals surface area contributed by atoms with Gasteiger partial charge in [-0.2, -0.15) is 0 Å². The molecule has 4 nitrogen and oxygen atoms in total. The van der Waals surface area contributed by atoms with Gasteiger partial charge < -0.3 is 10.3 Å². The van der Waals surface area contributed by atoms with E-state index in [1.807, 2.05) is 18.3 Å². The summed E-state index contributed by atoms with van der Waals surface area (Å²) in [5.41, 5.74) is 10.5. The SMILES string of the molecule is Cc1ccc2nc(N)n(CCc3cccnc3)c2c1. The van der Waals surface area contributed by atoms with Crippen molar-refractivity contribution in [2.75, 3.05) is 5.73 Å². The van der Waals surface area contributed by atoms with E-state index in [0.717, 1.165) is 24.0 Å². The predicted molar refractivity (Wildman–Crippen MR) is 76.8 cm³/mol. The molecule has 0 amide bonds. The summed E-state index contributed by atoms with van der Waals surface area (Å²) in [5.74, 6) is 0.574. The van der Waals surface area contributed by atoms with Gasteiger partial charge in [-0.25, -0.2) is 4.98 Å². The predicted octanol–water partition coefficient (Wildman–Crippen LogP) is 2.56. The Hall–Kier alpha value is -2.36. The summed E-state index contributed by atoms with van der Waals surface area (Å²) in [6, 6.07) is 10.2. The van der Waals surface area contributed by atoms with Crippen LogP contribution in [-0.4, -0.2) is 14.5 Å². The van der Waals surface area contributed by atoms with Crippen molar-refractivity contribution in [3.63, 3.8) is 0 Å². The third-order valence-electron chi connectivity index (χ3n) is 3.28. The zero-order valence-electron chi connectivity index (χ0n) is 10.9. The van der Waals surface area contributed by atoms with E-state index in [1.165, 1.54) is 11.1 Å². The summed E-state index contributed by atoms with van der Waals surface area (Å²) in [4.78, 5) is 8.52. The number of imidazole rings is 1. The van der Waals surface area contributed by atoms with Crippen molar-refractivity contribution in [3.05, 3.63) is 53.9 Å². The highest BCUT2D eigenvalue weighted by atomic mass is 15.1. The Morgan fingerprint density at radius 3 is 2.95 bits per heavy atom. The largest absolute Gasteiger partial charge is 0.369 e. The first-order chi connectivity index (χ1) is 9.24. The fourth-order valence-electron chi connectivity index (χ4n) is 2.27. The van der Waals surface area contributed by atoms with Crippen LogP contribution in [0.2, 0.25) is 0 Å². The molecule has 0 spiro atoms. The van der Waals surface area contributed by atoms with Gasteiger partial charge in [-0.3, -0.25) is 4.98 Å². The lowest BCUT2D eigenvalue weighted by molar-refractivity contribution is 0.724. The Balaban J connectivity index is 1.92. The van der Waals surface area contributed by atoms with E-state index < -0.39 is 0 Å². The van der Waals surface area contributed by atoms with E-state index in [0.29, 0.717) is 5.95 Å². The number of nitrogens with zero attached hydrogens (tertiary/aromatic N) is 3. The lowest BCUT2D eigenvalue weighted by Crippen LogP contribution is -2.05. The number of hydrogen-bond donors (Lipinski definition) is 1. The number of anilines is 1. The van der Waals surface area contributed by atoms with Crippen LogP contribution < -0.4 is 5.73 Å². The van der Waals surface area contributed by atoms with Gasteiger partial charge in [0.05, 0.1) is 11.0 Å². The molecule has 0 saturated carbocycles. The minimum Gasteiger partial charge on any atom is -0.369 e. The molecule has 19 heavy (non-hydrogen) atoms. The number of pyridine rings is 1. The summed E-state index contributed by atoms with van der Waals surface area (Å²) in [5, 5.41) is 0. The molecule has 0 radical (unpaired) electrons. The minimum atomic E-state index is 0.574. The van der Waals surface area contributed by atoms with Crippen molar-refractivity contribution in [2.45, 2.75) is 19.9 Å². The molecule has 0 aliphatic rings. The average Bonchev–Trinajstić information content (AvgIpc) is 2.73. The van der Waals surface area contributed by atoms with Crippen LogP contribution in [0.5, 0.6) is 0 Å². The number of nitrogen functional groups attached to an aromatic ring is 1. The van der Waals surface area contributed by atoms with Crippen molar-refractivity contribution >= 4 is 17.0 Å². The normalized spacial score (nSPS) is 11.0. The van der Waals surface area contributed by atoms with Gasteiger partial charge >= 0.3 is 0 Å². The second-order valence-electron chi connectivity index (χ2n) is 4.73. The first-order valence-corrected chi connectivity index (χ1v) is 6.35. The minimum absolute atomic E-state index is 0.574. The maximum absolute atomic E-state index is 6.00. The lowest BCUT2D eigenvalue weighted by Gasteiger charge is -2.06. The van der Waals surface area contributed by atoms with E-state index in [-0.39, 0.29) is 0 Å². The van der Waals surface area contributed by atoms with Crippen molar-refractivity contribution in [3.8, 4) is 0 Å². The number of benzene rings is 1. The van der Waals surface area contributed by atoms with Crippen LogP contribution in [0, 0.1) is 6.92 Å². The molecular weight excluding hydrogens is 236 g/mol. The van der Waals surface area contributed by atoms with Crippen LogP contribution >= 0.6 is 0 Å². The first-order valence-electron chi connectivity index (χ1n) is 6.35. The zero-order valence-corrected chi connectivity index (χ0v) is 10.9. The maximum Gasteiger partial charge on any atom is 0.201 e. The summed E-state index contributed by atoms with van der Waals surface area (Å²) in [7, 11) is 0. The Kier molecular flexibility index (Phi) is 2.91. The molecule has 0 aliphatic heterocycles. The van der Waals surface area contributed by atoms with E-state index >= 15 is 0 Å². The third-order valence-corrected chi connectivity index (χ3v) is 3.28. The van der Waals surface area contributed by atoms with Crippen molar-refractivity contribution in [2.24, 2.45) is 0 Å². The summed E-state index contributed by atoms with van der Waals surface area (Å²) >= 11 is 0. The standard InChI is InChI=1S/C15H16N4/c1-11-4-5-13-14(9-11)19(15(16)18-13)8-6-12-3-2-7-17-10-12/h2-5,7,9-10H,6,8H2,1H3,(H2,16,18). The first kappa shape index (κ1) is 11.7. The Morgan fingerprint density at radius 2 is 2.16 bits per heavy atom. The molecule has 0 atom stereocenters. The molecule has 3 aromatic rings. The Bertz CT molecular complexity index is 701. The van der Waals surface area contributed by atoms with Gasteiger partial charge in [0.15, 0.2) is 0 Å². The number of hydrogen-bond acceptors (Lipinski definition) is 3. The van der Waals surface area contributed by atoms with Crippen LogP contribution in [0.3, 0.4) is 0 Å². The molecule has 1 aromatic carbocycles. The molecule has 96 valence electrons. The molecule has 2 heterocycles. The lowest BCUT2D eigenvalue weighted by atomic mass is 10.2. The van der Waals surface area contributed by atoms with Gasteiger partial charge in [0.2, 0.25) is 5.95 Å². The maximum atomic E-state index is 6.00. The van der Waals surface area contributed by atoms with Gasteiger partial charge in [-0.15, -0.1) is 0 Å². The van der Waals surface area contributed by atoms with Crippen LogP contribution in [0.1, 0.15) is 11.1 Å². The molecule has 0 fully saturated rings. The zero-order chi connectivity index (χ0) is 13.2. The molecule has 0 saturated heterocycles. The average molecular weight is 252 g/mol. The molecule has 0 unspecified atom stereocenters. The highest BCUT2D eigenvalue weighted by molar-refractivity contribution is 5.79. The highest BCUT2D eigenvalue weighted by Crippen LogP contribution is 2.19. The van der Waals surface area contributed by atoms with Gasteiger partial charge in [-0.05, 0) is 42.7 Å². The van der Waals surface area contributed by atoms with Crippen LogP contribution in [-0.2, 0) is 13.0 Å². The fourth-order valence-corrected chi connectivity index (χ4v) is 2.27. The van der Waals surface area contributed by atoms with Crippen LogP contribution in [0.15, 0.2) is 42.7 Å². The molecule has 3 rings (SSSR count). The van der Waals surface area contributed by atoms with E-state index in [2.05, 4.69) is 39.7 Å². The topological polar surface area (TPSA) is 56.7 Å². The molecule has 0 aliphatic carbocycles. The van der Waals surface area contributed by atoms with Gasteiger partial charge in [-0.1, -0.05) is 12.1 Å². The third kappa shape index (κ3) is 2.29. The Morgan fingerprint density at radius 1 is 1.26 bits per heavy atom. The van der Waals surface area contributed by atoms with Gasteiger partial charge in [0.1, 0.15) is 0 Å². The number of aryl methyl sites for hydroxylation is 3. The molecule has 2 aromatic heterocycles. The van der Waals surface area contributed by atoms with E-state index in [9.17, 15) is 0 Å². The summed E-state index contributed by atoms with van der Waals surface area (Å²) in [6.07, 6.45) is 4.58. The van der Waals surface area contributed by atoms with E-state index in [1.54, 1.807) is 6.20 Å². The fraction of sp³-hybridized carbons (Fsp3) is 0.200.